The van der Waals surface area contributed by atoms with E-state index in [1.807, 2.05) is 29.4 Å². The van der Waals surface area contributed by atoms with Crippen LogP contribution < -0.4 is 4.90 Å². The van der Waals surface area contributed by atoms with Crippen molar-refractivity contribution in [3.63, 3.8) is 0 Å². The molecule has 132 valence electrons. The Bertz CT molecular complexity index is 949. The number of nitrogens with zero attached hydrogens (tertiary/aromatic N) is 4. The monoisotopic (exact) mass is 347 g/mol. The number of carbonyl (C=O) groups excluding carboxylic acids is 1. The first-order valence-electron chi connectivity index (χ1n) is 8.69. The molecule has 3 aromatic heterocycles. The molecule has 1 N–H and O–H groups in total. The number of nitrogens with one attached hydrogen (secondary N) is 1. The molecular weight excluding hydrogens is 326 g/mol. The zero-order valence-corrected chi connectivity index (χ0v) is 14.7. The van der Waals surface area contributed by atoms with E-state index in [-0.39, 0.29) is 11.9 Å². The van der Waals surface area contributed by atoms with Crippen LogP contribution in [-0.2, 0) is 4.79 Å². The second-order valence-electron chi connectivity index (χ2n) is 6.57. The lowest BCUT2D eigenvalue weighted by Crippen LogP contribution is -2.36. The maximum Gasteiger partial charge on any atom is 0.246 e. The maximum atomic E-state index is 11.8. The summed E-state index contributed by atoms with van der Waals surface area (Å²) in [7, 11) is 2.06. The smallest absolute Gasteiger partial charge is 0.246 e. The Balaban J connectivity index is 1.63. The summed E-state index contributed by atoms with van der Waals surface area (Å²) >= 11 is 0. The normalized spacial score (nSPS) is 16.8. The van der Waals surface area contributed by atoms with Crippen molar-refractivity contribution in [2.75, 3.05) is 25.0 Å². The van der Waals surface area contributed by atoms with E-state index in [2.05, 4.69) is 39.5 Å². The van der Waals surface area contributed by atoms with Gasteiger partial charge in [0.2, 0.25) is 5.91 Å². The molecule has 0 saturated carbocycles. The lowest BCUT2D eigenvalue weighted by Gasteiger charge is -2.26. The molecule has 26 heavy (non-hydrogen) atoms. The molecule has 1 amide bonds. The molecule has 4 heterocycles. The number of hydrogen-bond donors (Lipinski definition) is 1. The van der Waals surface area contributed by atoms with E-state index in [9.17, 15) is 4.79 Å². The number of aromatic amines is 1. The highest BCUT2D eigenvalue weighted by Crippen LogP contribution is 2.31. The van der Waals surface area contributed by atoms with E-state index >= 15 is 0 Å². The first-order valence-corrected chi connectivity index (χ1v) is 8.69. The Morgan fingerprint density at radius 3 is 3.00 bits per heavy atom. The number of anilines is 1. The SMILES string of the molecule is C=CC(=O)N1CC[C@H](N(C)c2cnc3[nH]cc(-c4ccncc4)c3c2)C1. The lowest BCUT2D eigenvalue weighted by atomic mass is 10.1. The number of rotatable bonds is 4. The Labute approximate surface area is 152 Å². The molecule has 0 unspecified atom stereocenters. The maximum absolute atomic E-state index is 11.8. The molecule has 0 spiro atoms. The highest BCUT2D eigenvalue weighted by Gasteiger charge is 2.28. The number of aromatic nitrogens is 3. The van der Waals surface area contributed by atoms with Crippen molar-refractivity contribution in [2.24, 2.45) is 0 Å². The summed E-state index contributed by atoms with van der Waals surface area (Å²) in [5.74, 6) is 0.0000787. The average molecular weight is 347 g/mol. The summed E-state index contributed by atoms with van der Waals surface area (Å²) in [5, 5.41) is 1.08. The fraction of sp³-hybridized carbons (Fsp3) is 0.250. The van der Waals surface area contributed by atoms with Crippen molar-refractivity contribution in [1.82, 2.24) is 19.9 Å². The molecule has 1 atom stereocenters. The Hall–Kier alpha value is -3.15. The van der Waals surface area contributed by atoms with Gasteiger partial charge in [-0.1, -0.05) is 6.58 Å². The minimum Gasteiger partial charge on any atom is -0.368 e. The van der Waals surface area contributed by atoms with Crippen LogP contribution in [0, 0.1) is 0 Å². The molecule has 3 aromatic rings. The summed E-state index contributed by atoms with van der Waals surface area (Å²) in [6.07, 6.45) is 9.78. The number of H-pyrrole nitrogens is 1. The van der Waals surface area contributed by atoms with Gasteiger partial charge in [-0.15, -0.1) is 0 Å². The van der Waals surface area contributed by atoms with E-state index in [0.29, 0.717) is 6.54 Å². The predicted molar refractivity (Wildman–Crippen MR) is 103 cm³/mol. The predicted octanol–water partition coefficient (Wildman–Crippen LogP) is 2.85. The first kappa shape index (κ1) is 16.3. The van der Waals surface area contributed by atoms with Gasteiger partial charge in [-0.2, -0.15) is 0 Å². The van der Waals surface area contributed by atoms with Crippen molar-refractivity contribution < 1.29 is 4.79 Å². The Morgan fingerprint density at radius 2 is 2.23 bits per heavy atom. The van der Waals surface area contributed by atoms with Crippen LogP contribution >= 0.6 is 0 Å². The van der Waals surface area contributed by atoms with Crippen LogP contribution in [0.1, 0.15) is 6.42 Å². The summed E-state index contributed by atoms with van der Waals surface area (Å²) < 4.78 is 0. The number of likely N-dealkylation sites (tertiary alicyclic amines) is 1. The molecule has 0 radical (unpaired) electrons. The van der Waals surface area contributed by atoms with E-state index in [4.69, 9.17) is 0 Å². The summed E-state index contributed by atoms with van der Waals surface area (Å²) in [6.45, 7) is 5.06. The van der Waals surface area contributed by atoms with E-state index in [1.54, 1.807) is 12.4 Å². The van der Waals surface area contributed by atoms with Crippen molar-refractivity contribution in [3.8, 4) is 11.1 Å². The van der Waals surface area contributed by atoms with Crippen LogP contribution in [0.5, 0.6) is 0 Å². The summed E-state index contributed by atoms with van der Waals surface area (Å²) in [5.41, 5.74) is 4.13. The van der Waals surface area contributed by atoms with Gasteiger partial charge in [0.25, 0.3) is 0 Å². The fourth-order valence-corrected chi connectivity index (χ4v) is 3.55. The third kappa shape index (κ3) is 2.83. The number of amides is 1. The quantitative estimate of drug-likeness (QED) is 0.737. The molecule has 1 saturated heterocycles. The van der Waals surface area contributed by atoms with Crippen LogP contribution in [0.2, 0.25) is 0 Å². The van der Waals surface area contributed by atoms with Gasteiger partial charge in [0.15, 0.2) is 0 Å². The lowest BCUT2D eigenvalue weighted by molar-refractivity contribution is -0.125. The summed E-state index contributed by atoms with van der Waals surface area (Å²) in [6, 6.07) is 6.43. The van der Waals surface area contributed by atoms with Crippen molar-refractivity contribution in [2.45, 2.75) is 12.5 Å². The van der Waals surface area contributed by atoms with Gasteiger partial charge in [-0.05, 0) is 36.3 Å². The van der Waals surface area contributed by atoms with Gasteiger partial charge in [-0.3, -0.25) is 9.78 Å². The highest BCUT2D eigenvalue weighted by atomic mass is 16.2. The second kappa shape index (κ2) is 6.63. The Morgan fingerprint density at radius 1 is 1.42 bits per heavy atom. The molecule has 0 bridgehead atoms. The van der Waals surface area contributed by atoms with Gasteiger partial charge >= 0.3 is 0 Å². The zero-order chi connectivity index (χ0) is 18.1. The van der Waals surface area contributed by atoms with Crippen molar-refractivity contribution in [1.29, 1.82) is 0 Å². The van der Waals surface area contributed by atoms with E-state index in [1.165, 1.54) is 6.08 Å². The van der Waals surface area contributed by atoms with Gasteiger partial charge in [0.05, 0.1) is 11.9 Å². The van der Waals surface area contributed by atoms with Crippen molar-refractivity contribution >= 4 is 22.6 Å². The highest BCUT2D eigenvalue weighted by molar-refractivity contribution is 5.95. The van der Waals surface area contributed by atoms with Crippen LogP contribution in [0.15, 0.2) is 55.6 Å². The average Bonchev–Trinajstić information content (AvgIpc) is 3.34. The van der Waals surface area contributed by atoms with E-state index in [0.717, 1.165) is 40.8 Å². The minimum absolute atomic E-state index is 0.0000787. The molecule has 1 aliphatic rings. The van der Waals surface area contributed by atoms with Crippen LogP contribution in [0.25, 0.3) is 22.2 Å². The molecule has 6 nitrogen and oxygen atoms in total. The number of pyridine rings is 2. The topological polar surface area (TPSA) is 65.1 Å². The fourth-order valence-electron chi connectivity index (χ4n) is 3.55. The standard InChI is InChI=1S/C20H21N5O/c1-3-19(26)25-9-6-15(13-25)24(2)16-10-17-18(12-23-20(17)22-11-16)14-4-7-21-8-5-14/h3-5,7-8,10-12,15H,1,6,9,13H2,2H3,(H,22,23)/t15-/m0/s1. The van der Waals surface area contributed by atoms with Gasteiger partial charge in [-0.25, -0.2) is 4.98 Å². The largest absolute Gasteiger partial charge is 0.368 e. The molecule has 1 fully saturated rings. The zero-order valence-electron chi connectivity index (χ0n) is 14.7. The third-order valence-electron chi connectivity index (χ3n) is 5.11. The Kier molecular flexibility index (Phi) is 4.16. The molecule has 4 rings (SSSR count). The number of fused-ring (bicyclic) bond motifs is 1. The molecule has 0 aromatic carbocycles. The van der Waals surface area contributed by atoms with Crippen LogP contribution in [0.3, 0.4) is 0 Å². The van der Waals surface area contributed by atoms with Gasteiger partial charge in [0, 0.05) is 55.7 Å². The molecule has 0 aliphatic carbocycles. The van der Waals surface area contributed by atoms with Crippen LogP contribution in [0.4, 0.5) is 5.69 Å². The molecule has 1 aliphatic heterocycles. The molecule has 6 heteroatoms. The number of likely N-dealkylation sites (N-methyl/N-ethyl adjacent to an activating group) is 1. The summed E-state index contributed by atoms with van der Waals surface area (Å²) in [4.78, 5) is 27.8. The molecular formula is C20H21N5O. The number of carbonyl (C=O) groups is 1. The van der Waals surface area contributed by atoms with Gasteiger partial charge < -0.3 is 14.8 Å². The van der Waals surface area contributed by atoms with Crippen molar-refractivity contribution in [3.05, 3.63) is 55.6 Å². The third-order valence-corrected chi connectivity index (χ3v) is 5.11. The van der Waals surface area contributed by atoms with Gasteiger partial charge in [0.1, 0.15) is 5.65 Å². The first-order chi connectivity index (χ1) is 12.7. The van der Waals surface area contributed by atoms with Crippen LogP contribution in [-0.4, -0.2) is 51.9 Å². The number of hydrogen-bond acceptors (Lipinski definition) is 4. The van der Waals surface area contributed by atoms with E-state index < -0.39 is 0 Å². The minimum atomic E-state index is 0.0000787. The second-order valence-corrected chi connectivity index (χ2v) is 6.57.